The van der Waals surface area contributed by atoms with Crippen LogP contribution >= 0.6 is 0 Å². The van der Waals surface area contributed by atoms with E-state index < -0.39 is 17.5 Å². The fraction of sp³-hybridized carbons (Fsp3) is 0.0769. The number of nitrogens with two attached hydrogens (primary N) is 1. The molecule has 0 fully saturated rings. The second kappa shape index (κ2) is 5.01. The van der Waals surface area contributed by atoms with Crippen molar-refractivity contribution in [1.82, 2.24) is 4.98 Å². The number of aromatic nitrogens is 1. The Labute approximate surface area is 108 Å². The number of aryl methyl sites for hydroxylation is 1. The normalized spacial score (nSPS) is 10.3. The quantitative estimate of drug-likeness (QED) is 0.818. The zero-order valence-corrected chi connectivity index (χ0v) is 10.1. The van der Waals surface area contributed by atoms with Crippen LogP contribution in [0.3, 0.4) is 0 Å². The number of carbonyl (C=O) groups excluding carboxylic acids is 1. The minimum Gasteiger partial charge on any atom is -0.397 e. The molecule has 1 aromatic carbocycles. The van der Waals surface area contributed by atoms with Gasteiger partial charge in [0.15, 0.2) is 11.6 Å². The molecular weight excluding hydrogens is 252 g/mol. The number of benzene rings is 1. The number of nitrogen functional groups attached to an aromatic ring is 1. The molecule has 0 saturated heterocycles. The van der Waals surface area contributed by atoms with Crippen LogP contribution in [0.2, 0.25) is 0 Å². The lowest BCUT2D eigenvalue weighted by atomic mass is 10.2. The molecule has 0 saturated carbocycles. The van der Waals surface area contributed by atoms with Crippen molar-refractivity contribution in [2.24, 2.45) is 0 Å². The van der Waals surface area contributed by atoms with E-state index in [-0.39, 0.29) is 16.9 Å². The van der Waals surface area contributed by atoms with Gasteiger partial charge in [0.05, 0.1) is 5.69 Å². The SMILES string of the molecule is Cc1cc(C(=O)Nc2c(N)ccc(F)c2F)ccn1. The molecule has 0 aliphatic rings. The first kappa shape index (κ1) is 12.9. The third kappa shape index (κ3) is 2.67. The number of anilines is 2. The van der Waals surface area contributed by atoms with Crippen molar-refractivity contribution in [1.29, 1.82) is 0 Å². The lowest BCUT2D eigenvalue weighted by Crippen LogP contribution is -2.15. The van der Waals surface area contributed by atoms with Crippen molar-refractivity contribution in [3.63, 3.8) is 0 Å². The lowest BCUT2D eigenvalue weighted by molar-refractivity contribution is 0.102. The zero-order chi connectivity index (χ0) is 14.0. The molecule has 3 N–H and O–H groups in total. The van der Waals surface area contributed by atoms with E-state index in [9.17, 15) is 13.6 Å². The molecule has 0 aliphatic carbocycles. The largest absolute Gasteiger partial charge is 0.397 e. The molecule has 0 bridgehead atoms. The predicted octanol–water partition coefficient (Wildman–Crippen LogP) is 2.50. The Hall–Kier alpha value is -2.50. The van der Waals surface area contributed by atoms with E-state index in [1.54, 1.807) is 6.92 Å². The number of carbonyl (C=O) groups is 1. The maximum Gasteiger partial charge on any atom is 0.255 e. The number of hydrogen-bond acceptors (Lipinski definition) is 3. The number of nitrogens with zero attached hydrogens (tertiary/aromatic N) is 1. The van der Waals surface area contributed by atoms with Gasteiger partial charge in [-0.25, -0.2) is 8.78 Å². The van der Waals surface area contributed by atoms with Crippen molar-refractivity contribution < 1.29 is 13.6 Å². The summed E-state index contributed by atoms with van der Waals surface area (Å²) in [6, 6.07) is 5.08. The van der Waals surface area contributed by atoms with Crippen LogP contribution in [-0.4, -0.2) is 10.9 Å². The summed E-state index contributed by atoms with van der Waals surface area (Å²) in [5.41, 5.74) is 6.03. The third-order valence-electron chi connectivity index (χ3n) is 2.52. The summed E-state index contributed by atoms with van der Waals surface area (Å²) in [6.45, 7) is 1.72. The predicted molar refractivity (Wildman–Crippen MR) is 67.7 cm³/mol. The van der Waals surface area contributed by atoms with Crippen LogP contribution in [0.5, 0.6) is 0 Å². The van der Waals surface area contributed by atoms with Crippen molar-refractivity contribution in [2.75, 3.05) is 11.1 Å². The number of amides is 1. The van der Waals surface area contributed by atoms with Crippen molar-refractivity contribution in [2.45, 2.75) is 6.92 Å². The summed E-state index contributed by atoms with van der Waals surface area (Å²) in [5.74, 6) is -2.84. The van der Waals surface area contributed by atoms with Gasteiger partial charge in [0, 0.05) is 17.5 Å². The highest BCUT2D eigenvalue weighted by molar-refractivity contribution is 6.05. The number of rotatable bonds is 2. The van der Waals surface area contributed by atoms with Crippen LogP contribution in [0.25, 0.3) is 0 Å². The third-order valence-corrected chi connectivity index (χ3v) is 2.52. The summed E-state index contributed by atoms with van der Waals surface area (Å²) in [7, 11) is 0. The first-order valence-corrected chi connectivity index (χ1v) is 5.46. The molecule has 1 amide bonds. The number of hydrogen-bond donors (Lipinski definition) is 2. The van der Waals surface area contributed by atoms with Gasteiger partial charge in [-0.15, -0.1) is 0 Å². The molecule has 0 aliphatic heterocycles. The molecule has 1 heterocycles. The van der Waals surface area contributed by atoms with Crippen molar-refractivity contribution in [3.8, 4) is 0 Å². The smallest absolute Gasteiger partial charge is 0.255 e. The molecular formula is C13H11F2N3O. The Morgan fingerprint density at radius 2 is 2.05 bits per heavy atom. The number of halogens is 2. The minimum atomic E-state index is -1.18. The number of pyridine rings is 1. The average molecular weight is 263 g/mol. The monoisotopic (exact) mass is 263 g/mol. The van der Waals surface area contributed by atoms with Gasteiger partial charge in [0.2, 0.25) is 0 Å². The van der Waals surface area contributed by atoms with Gasteiger partial charge in [-0.05, 0) is 31.2 Å². The van der Waals surface area contributed by atoms with E-state index in [1.807, 2.05) is 0 Å². The molecule has 0 atom stereocenters. The minimum absolute atomic E-state index is 0.0435. The Morgan fingerprint density at radius 1 is 1.32 bits per heavy atom. The van der Waals surface area contributed by atoms with Crippen LogP contribution in [0.15, 0.2) is 30.5 Å². The molecule has 6 heteroatoms. The first-order chi connectivity index (χ1) is 8.99. The zero-order valence-electron chi connectivity index (χ0n) is 10.1. The highest BCUT2D eigenvalue weighted by Gasteiger charge is 2.15. The van der Waals surface area contributed by atoms with E-state index in [0.717, 1.165) is 6.07 Å². The number of nitrogens with one attached hydrogen (secondary N) is 1. The van der Waals surface area contributed by atoms with Gasteiger partial charge in [0.25, 0.3) is 5.91 Å². The summed E-state index contributed by atoms with van der Waals surface area (Å²) < 4.78 is 26.6. The molecule has 2 aromatic rings. The summed E-state index contributed by atoms with van der Waals surface area (Å²) in [4.78, 5) is 15.8. The van der Waals surface area contributed by atoms with Crippen LogP contribution in [0.4, 0.5) is 20.2 Å². The van der Waals surface area contributed by atoms with Crippen molar-refractivity contribution in [3.05, 3.63) is 53.4 Å². The van der Waals surface area contributed by atoms with Crippen LogP contribution < -0.4 is 11.1 Å². The molecule has 1 aromatic heterocycles. The van der Waals surface area contributed by atoms with Crippen molar-refractivity contribution >= 4 is 17.3 Å². The van der Waals surface area contributed by atoms with Gasteiger partial charge in [-0.2, -0.15) is 0 Å². The van der Waals surface area contributed by atoms with Crippen LogP contribution in [0, 0.1) is 18.6 Å². The molecule has 0 radical (unpaired) electrons. The van der Waals surface area contributed by atoms with Gasteiger partial charge >= 0.3 is 0 Å². The summed E-state index contributed by atoms with van der Waals surface area (Å²) in [5, 5.41) is 2.26. The second-order valence-electron chi connectivity index (χ2n) is 3.97. The summed E-state index contributed by atoms with van der Waals surface area (Å²) >= 11 is 0. The Morgan fingerprint density at radius 3 is 2.74 bits per heavy atom. The van der Waals surface area contributed by atoms with Gasteiger partial charge < -0.3 is 11.1 Å². The first-order valence-electron chi connectivity index (χ1n) is 5.46. The van der Waals surface area contributed by atoms with Gasteiger partial charge in [0.1, 0.15) is 5.69 Å². The fourth-order valence-electron chi connectivity index (χ4n) is 1.57. The standard InChI is InChI=1S/C13H11F2N3O/c1-7-6-8(4-5-17-7)13(19)18-12-10(16)3-2-9(14)11(12)15/h2-6H,16H2,1H3,(H,18,19). The van der Waals surface area contributed by atoms with Crippen LogP contribution in [0.1, 0.15) is 16.1 Å². The fourth-order valence-corrected chi connectivity index (χ4v) is 1.57. The molecule has 0 unspecified atom stereocenters. The molecule has 0 spiro atoms. The molecule has 19 heavy (non-hydrogen) atoms. The molecule has 98 valence electrons. The maximum absolute atomic E-state index is 13.5. The highest BCUT2D eigenvalue weighted by Crippen LogP contribution is 2.25. The van der Waals surface area contributed by atoms with E-state index in [2.05, 4.69) is 10.3 Å². The van der Waals surface area contributed by atoms with Gasteiger partial charge in [-0.1, -0.05) is 0 Å². The lowest BCUT2D eigenvalue weighted by Gasteiger charge is -2.10. The Kier molecular flexibility index (Phi) is 3.41. The van der Waals surface area contributed by atoms with Gasteiger partial charge in [-0.3, -0.25) is 9.78 Å². The summed E-state index contributed by atoms with van der Waals surface area (Å²) in [6.07, 6.45) is 1.45. The maximum atomic E-state index is 13.5. The average Bonchev–Trinajstić information content (AvgIpc) is 2.39. The Balaban J connectivity index is 2.32. The van der Waals surface area contributed by atoms with E-state index >= 15 is 0 Å². The second-order valence-corrected chi connectivity index (χ2v) is 3.97. The van der Waals surface area contributed by atoms with E-state index in [0.29, 0.717) is 5.69 Å². The molecule has 2 rings (SSSR count). The topological polar surface area (TPSA) is 68.0 Å². The highest BCUT2D eigenvalue weighted by atomic mass is 19.2. The van der Waals surface area contributed by atoms with Crippen LogP contribution in [-0.2, 0) is 0 Å². The Bertz CT molecular complexity index is 644. The van der Waals surface area contributed by atoms with E-state index in [4.69, 9.17) is 5.73 Å². The van der Waals surface area contributed by atoms with E-state index in [1.165, 1.54) is 24.4 Å². The molecule has 4 nitrogen and oxygen atoms in total.